The summed E-state index contributed by atoms with van der Waals surface area (Å²) in [6, 6.07) is 15.1. The maximum atomic E-state index is 12.9. The molecule has 2 aromatic carbocycles. The maximum Gasteiger partial charge on any atom is 0.329 e. The third kappa shape index (κ3) is 4.71. The van der Waals surface area contributed by atoms with Crippen LogP contribution >= 0.6 is 0 Å². The number of benzene rings is 2. The second kappa shape index (κ2) is 7.48. The van der Waals surface area contributed by atoms with E-state index in [-0.39, 0.29) is 24.0 Å². The third-order valence-electron chi connectivity index (χ3n) is 4.27. The molecule has 0 fully saturated rings. The van der Waals surface area contributed by atoms with Crippen molar-refractivity contribution in [1.82, 2.24) is 10.2 Å². The van der Waals surface area contributed by atoms with Crippen molar-refractivity contribution in [3.05, 3.63) is 77.4 Å². The van der Waals surface area contributed by atoms with E-state index in [1.807, 2.05) is 44.2 Å². The van der Waals surface area contributed by atoms with Crippen LogP contribution in [0.2, 0.25) is 0 Å². The summed E-state index contributed by atoms with van der Waals surface area (Å²) in [5.41, 5.74) is 1.13. The first-order valence-electron chi connectivity index (χ1n) is 8.41. The van der Waals surface area contributed by atoms with Gasteiger partial charge in [0.15, 0.2) is 0 Å². The predicted octanol–water partition coefficient (Wildman–Crippen LogP) is 3.52. The number of aromatic nitrogens is 2. The van der Waals surface area contributed by atoms with E-state index in [0.29, 0.717) is 5.89 Å². The van der Waals surface area contributed by atoms with Crippen LogP contribution < -0.4 is 4.72 Å². The topological polar surface area (TPSA) is 85.1 Å². The highest BCUT2D eigenvalue weighted by Crippen LogP contribution is 2.31. The van der Waals surface area contributed by atoms with Crippen LogP contribution in [-0.4, -0.2) is 24.4 Å². The minimum absolute atomic E-state index is 0.173. The third-order valence-corrected chi connectivity index (χ3v) is 5.50. The van der Waals surface area contributed by atoms with Gasteiger partial charge < -0.3 is 4.42 Å². The predicted molar refractivity (Wildman–Crippen MR) is 100 cm³/mol. The van der Waals surface area contributed by atoms with Gasteiger partial charge in [0, 0.05) is 0 Å². The zero-order valence-corrected chi connectivity index (χ0v) is 15.8. The molecule has 3 rings (SSSR count). The van der Waals surface area contributed by atoms with Crippen LogP contribution in [0.3, 0.4) is 0 Å². The Morgan fingerprint density at radius 3 is 2.37 bits per heavy atom. The van der Waals surface area contributed by atoms with E-state index in [2.05, 4.69) is 14.9 Å². The molecule has 0 saturated carbocycles. The largest absolute Gasteiger partial charge is 0.406 e. The number of sulfonamides is 1. The van der Waals surface area contributed by atoms with Gasteiger partial charge in [0.25, 0.3) is 0 Å². The minimum atomic E-state index is -3.68. The van der Waals surface area contributed by atoms with Crippen LogP contribution in [0.1, 0.15) is 30.9 Å². The lowest BCUT2D eigenvalue weighted by Gasteiger charge is -2.20. The Kier molecular flexibility index (Phi) is 5.27. The van der Waals surface area contributed by atoms with Gasteiger partial charge >= 0.3 is 6.01 Å². The summed E-state index contributed by atoms with van der Waals surface area (Å²) in [5.74, 6) is -0.234. The fraction of sp³-hybridized carbons (Fsp3) is 0.263. The Labute approximate surface area is 157 Å². The molecule has 0 aliphatic rings. The van der Waals surface area contributed by atoms with Gasteiger partial charge in [-0.05, 0) is 43.5 Å². The molecule has 1 aromatic heterocycles. The van der Waals surface area contributed by atoms with E-state index in [1.54, 1.807) is 12.1 Å². The Bertz CT molecular complexity index is 1000. The van der Waals surface area contributed by atoms with Crippen molar-refractivity contribution in [3.63, 3.8) is 0 Å². The molecule has 0 saturated heterocycles. The number of nitrogens with zero attached hydrogens (tertiary/aromatic N) is 2. The smallest absolute Gasteiger partial charge is 0.329 e. The number of rotatable bonds is 7. The van der Waals surface area contributed by atoms with Crippen molar-refractivity contribution in [1.29, 1.82) is 0 Å². The zero-order valence-electron chi connectivity index (χ0n) is 15.0. The molecule has 8 heteroatoms. The molecule has 1 heterocycles. The number of hydrogen-bond donors (Lipinski definition) is 1. The summed E-state index contributed by atoms with van der Waals surface area (Å²) in [5, 5.41) is 7.79. The van der Waals surface area contributed by atoms with Gasteiger partial charge in [0.05, 0.1) is 11.2 Å². The highest BCUT2D eigenvalue weighted by Gasteiger charge is 2.30. The van der Waals surface area contributed by atoms with Gasteiger partial charge in [-0.3, -0.25) is 0 Å². The van der Waals surface area contributed by atoms with Crippen LogP contribution in [0.15, 0.2) is 59.0 Å². The van der Waals surface area contributed by atoms with Crippen molar-refractivity contribution in [3.8, 4) is 0 Å². The van der Waals surface area contributed by atoms with Crippen molar-refractivity contribution in [2.24, 2.45) is 0 Å². The van der Waals surface area contributed by atoms with E-state index < -0.39 is 15.4 Å². The molecule has 1 N–H and O–H groups in total. The second-order valence-electron chi connectivity index (χ2n) is 6.70. The molecular formula is C19H20FN3O3S. The van der Waals surface area contributed by atoms with Crippen LogP contribution in [0, 0.1) is 5.82 Å². The first-order valence-corrected chi connectivity index (χ1v) is 10.1. The van der Waals surface area contributed by atoms with Gasteiger partial charge in [0.1, 0.15) is 5.82 Å². The lowest BCUT2D eigenvalue weighted by atomic mass is 9.85. The molecule has 6 nitrogen and oxygen atoms in total. The average molecular weight is 389 g/mol. The van der Waals surface area contributed by atoms with Crippen molar-refractivity contribution >= 4 is 16.0 Å². The van der Waals surface area contributed by atoms with Gasteiger partial charge in [-0.25, -0.2) is 17.5 Å². The van der Waals surface area contributed by atoms with Gasteiger partial charge in [-0.2, -0.15) is 0 Å². The van der Waals surface area contributed by atoms with E-state index >= 15 is 0 Å². The molecule has 0 aliphatic heterocycles. The fourth-order valence-electron chi connectivity index (χ4n) is 2.58. The van der Waals surface area contributed by atoms with E-state index in [0.717, 1.165) is 11.1 Å². The van der Waals surface area contributed by atoms with Crippen LogP contribution in [0.5, 0.6) is 0 Å². The normalized spacial score (nSPS) is 12.1. The van der Waals surface area contributed by atoms with E-state index in [1.165, 1.54) is 12.1 Å². The highest BCUT2D eigenvalue weighted by atomic mass is 32.2. The number of aryl methyl sites for hydroxylation is 1. The summed E-state index contributed by atoms with van der Waals surface area (Å²) in [6.07, 6.45) is 0.242. The van der Waals surface area contributed by atoms with Gasteiger partial charge in [-0.15, -0.1) is 5.10 Å². The summed E-state index contributed by atoms with van der Waals surface area (Å²) >= 11 is 0. The lowest BCUT2D eigenvalue weighted by Crippen LogP contribution is -2.19. The van der Waals surface area contributed by atoms with Crippen molar-refractivity contribution in [2.45, 2.75) is 25.7 Å². The summed E-state index contributed by atoms with van der Waals surface area (Å²) in [6.45, 7) is 3.84. The Hall–Kier alpha value is -2.74. The van der Waals surface area contributed by atoms with E-state index in [9.17, 15) is 12.8 Å². The molecule has 0 radical (unpaired) electrons. The molecule has 0 atom stereocenters. The number of anilines is 1. The first kappa shape index (κ1) is 19.0. The molecule has 0 bridgehead atoms. The SMILES string of the molecule is CC(C)(c1ccccc1)c1nnc(NS(=O)(=O)CCc2ccc(F)cc2)o1. The molecule has 0 aliphatic carbocycles. The molecule has 27 heavy (non-hydrogen) atoms. The van der Waals surface area contributed by atoms with Crippen LogP contribution in [0.25, 0.3) is 0 Å². The first-order chi connectivity index (χ1) is 12.8. The monoisotopic (exact) mass is 389 g/mol. The van der Waals surface area contributed by atoms with Crippen LogP contribution in [-0.2, 0) is 21.9 Å². The van der Waals surface area contributed by atoms with Gasteiger partial charge in [0.2, 0.25) is 15.9 Å². The van der Waals surface area contributed by atoms with Crippen LogP contribution in [0.4, 0.5) is 10.4 Å². The molecule has 0 unspecified atom stereocenters. The minimum Gasteiger partial charge on any atom is -0.406 e. The number of hydrogen-bond acceptors (Lipinski definition) is 5. The number of nitrogens with one attached hydrogen (secondary N) is 1. The number of halogens is 1. The second-order valence-corrected chi connectivity index (χ2v) is 8.54. The molecule has 0 spiro atoms. The van der Waals surface area contributed by atoms with Gasteiger partial charge in [-0.1, -0.05) is 47.6 Å². The Morgan fingerprint density at radius 2 is 1.70 bits per heavy atom. The maximum absolute atomic E-state index is 12.9. The average Bonchev–Trinajstić information content (AvgIpc) is 3.10. The zero-order chi connectivity index (χ0) is 19.5. The summed E-state index contributed by atoms with van der Waals surface area (Å²) in [4.78, 5) is 0. The summed E-state index contributed by atoms with van der Waals surface area (Å²) < 4.78 is 45.3. The van der Waals surface area contributed by atoms with Crippen molar-refractivity contribution < 1.29 is 17.2 Å². The highest BCUT2D eigenvalue weighted by molar-refractivity contribution is 7.92. The Morgan fingerprint density at radius 1 is 1.04 bits per heavy atom. The standard InChI is InChI=1S/C19H20FN3O3S/c1-19(2,15-6-4-3-5-7-15)17-21-22-18(26-17)23-27(24,25)13-12-14-8-10-16(20)11-9-14/h3-11H,12-13H2,1-2H3,(H,22,23). The van der Waals surface area contributed by atoms with E-state index in [4.69, 9.17) is 4.42 Å². The molecule has 3 aromatic rings. The molecule has 0 amide bonds. The summed E-state index contributed by atoms with van der Waals surface area (Å²) in [7, 11) is -3.68. The fourth-order valence-corrected chi connectivity index (χ4v) is 3.54. The lowest BCUT2D eigenvalue weighted by molar-refractivity contribution is 0.422. The molecular weight excluding hydrogens is 369 g/mol. The Balaban J connectivity index is 1.68. The molecule has 142 valence electrons. The quantitative estimate of drug-likeness (QED) is 0.668. The van der Waals surface area contributed by atoms with Crippen molar-refractivity contribution in [2.75, 3.05) is 10.5 Å².